The number of aromatic nitrogens is 2. The van der Waals surface area contributed by atoms with E-state index in [2.05, 4.69) is 53.2 Å². The van der Waals surface area contributed by atoms with Crippen LogP contribution in [-0.4, -0.2) is 27.5 Å². The first-order valence-corrected chi connectivity index (χ1v) is 10.8. The molecule has 29 heavy (non-hydrogen) atoms. The average Bonchev–Trinajstić information content (AvgIpc) is 3.47. The molecule has 2 bridgehead atoms. The summed E-state index contributed by atoms with van der Waals surface area (Å²) in [5.41, 5.74) is 2.21. The Morgan fingerprint density at radius 1 is 1.07 bits per heavy atom. The number of carbonyl (C=O) groups is 1. The van der Waals surface area contributed by atoms with Crippen molar-refractivity contribution in [3.63, 3.8) is 0 Å². The topological polar surface area (TPSA) is 49.0 Å². The number of rotatable bonds is 5. The normalized spacial score (nSPS) is 23.6. The second-order valence-corrected chi connectivity index (χ2v) is 9.39. The van der Waals surface area contributed by atoms with Gasteiger partial charge in [0.2, 0.25) is 0 Å². The fraction of sp³-hybridized carbons (Fsp3) is 0.440. The second-order valence-electron chi connectivity index (χ2n) is 9.39. The number of benzene rings is 2. The van der Waals surface area contributed by atoms with Crippen molar-refractivity contribution in [2.75, 3.05) is 6.54 Å². The Morgan fingerprint density at radius 2 is 1.83 bits per heavy atom. The first-order chi connectivity index (χ1) is 14.0. The van der Waals surface area contributed by atoms with E-state index in [9.17, 15) is 4.79 Å². The number of H-pyrrole nitrogens is 1. The lowest BCUT2D eigenvalue weighted by Crippen LogP contribution is -2.48. The molecule has 4 nitrogen and oxygen atoms in total. The van der Waals surface area contributed by atoms with Crippen LogP contribution >= 0.6 is 0 Å². The van der Waals surface area contributed by atoms with Crippen LogP contribution in [0.15, 0.2) is 54.6 Å². The van der Waals surface area contributed by atoms with Gasteiger partial charge in [-0.1, -0.05) is 55.0 Å². The van der Waals surface area contributed by atoms with E-state index in [1.54, 1.807) is 0 Å². The minimum Gasteiger partial charge on any atom is -0.328 e. The van der Waals surface area contributed by atoms with E-state index >= 15 is 0 Å². The molecule has 0 aliphatic heterocycles. The summed E-state index contributed by atoms with van der Waals surface area (Å²) >= 11 is 0. The molecule has 1 aromatic heterocycles. The van der Waals surface area contributed by atoms with Crippen LogP contribution < -0.4 is 0 Å². The van der Waals surface area contributed by atoms with Gasteiger partial charge in [0.05, 0.1) is 11.1 Å². The van der Waals surface area contributed by atoms with Crippen LogP contribution in [0.4, 0.5) is 0 Å². The average molecular weight is 388 g/mol. The predicted molar refractivity (Wildman–Crippen MR) is 116 cm³/mol. The number of hydrogen-bond donors (Lipinski definition) is 1. The fourth-order valence-electron chi connectivity index (χ4n) is 5.66. The Balaban J connectivity index is 1.53. The van der Waals surface area contributed by atoms with Crippen LogP contribution in [0.2, 0.25) is 0 Å². The number of amides is 1. The molecular formula is C25H29N3O. The summed E-state index contributed by atoms with van der Waals surface area (Å²) in [4.78, 5) is 16.0. The quantitative estimate of drug-likeness (QED) is 0.639. The highest BCUT2D eigenvalue weighted by molar-refractivity contribution is 6.04. The molecule has 1 heterocycles. The van der Waals surface area contributed by atoms with Gasteiger partial charge in [-0.3, -0.25) is 9.89 Å². The highest BCUT2D eigenvalue weighted by Crippen LogP contribution is 2.49. The molecular weight excluding hydrogens is 358 g/mol. The summed E-state index contributed by atoms with van der Waals surface area (Å²) in [5, 5.41) is 8.37. The van der Waals surface area contributed by atoms with Crippen LogP contribution in [-0.2, 0) is 5.54 Å². The third kappa shape index (κ3) is 3.15. The van der Waals surface area contributed by atoms with Crippen molar-refractivity contribution in [3.8, 4) is 0 Å². The predicted octanol–water partition coefficient (Wildman–Crippen LogP) is 5.38. The zero-order valence-electron chi connectivity index (χ0n) is 17.3. The van der Waals surface area contributed by atoms with E-state index in [-0.39, 0.29) is 5.91 Å². The number of para-hydroxylation sites is 1. The third-order valence-corrected chi connectivity index (χ3v) is 7.37. The van der Waals surface area contributed by atoms with E-state index in [0.29, 0.717) is 11.6 Å². The molecule has 2 fully saturated rings. The number of nitrogens with zero attached hydrogens (tertiary/aromatic N) is 2. The molecule has 4 heteroatoms. The van der Waals surface area contributed by atoms with Crippen molar-refractivity contribution in [1.82, 2.24) is 15.1 Å². The Bertz CT molecular complexity index is 1020. The maximum absolute atomic E-state index is 13.9. The molecule has 3 aromatic rings. The Labute approximate surface area is 172 Å². The standard InChI is InChI=1S/C25H29N3O/c1-25(2,20-8-4-3-5-9-20)28(16-19-15-17-12-13-18(19)14-17)24(29)23-21-10-6-7-11-22(21)26-27-23/h3-11,17-19H,12-16H2,1-2H3,(H,26,27). The highest BCUT2D eigenvalue weighted by atomic mass is 16.2. The van der Waals surface area contributed by atoms with Crippen molar-refractivity contribution in [2.24, 2.45) is 17.8 Å². The third-order valence-electron chi connectivity index (χ3n) is 7.37. The summed E-state index contributed by atoms with van der Waals surface area (Å²) in [6.45, 7) is 5.15. The molecule has 2 aliphatic rings. The number of nitrogens with one attached hydrogen (secondary N) is 1. The summed E-state index contributed by atoms with van der Waals surface area (Å²) in [5.74, 6) is 2.27. The van der Waals surface area contributed by atoms with E-state index in [4.69, 9.17) is 0 Å². The van der Waals surface area contributed by atoms with Gasteiger partial charge >= 0.3 is 0 Å². The molecule has 2 aliphatic carbocycles. The van der Waals surface area contributed by atoms with E-state index in [1.165, 1.54) is 25.7 Å². The molecule has 0 spiro atoms. The minimum atomic E-state index is -0.403. The van der Waals surface area contributed by atoms with Crippen molar-refractivity contribution >= 4 is 16.8 Å². The molecule has 2 aromatic carbocycles. The summed E-state index contributed by atoms with van der Waals surface area (Å²) in [6, 6.07) is 18.3. The van der Waals surface area contributed by atoms with Gasteiger partial charge in [0.1, 0.15) is 0 Å². The molecule has 1 N–H and O–H groups in total. The van der Waals surface area contributed by atoms with Gasteiger partial charge in [0, 0.05) is 11.9 Å². The van der Waals surface area contributed by atoms with E-state index in [0.717, 1.165) is 34.8 Å². The molecule has 150 valence electrons. The molecule has 1 amide bonds. The largest absolute Gasteiger partial charge is 0.328 e. The monoisotopic (exact) mass is 387 g/mol. The Kier molecular flexibility index (Phi) is 4.45. The number of fused-ring (bicyclic) bond motifs is 3. The van der Waals surface area contributed by atoms with Gasteiger partial charge in [0.25, 0.3) is 5.91 Å². The van der Waals surface area contributed by atoms with Crippen LogP contribution in [0.25, 0.3) is 10.9 Å². The molecule has 0 radical (unpaired) electrons. The van der Waals surface area contributed by atoms with Gasteiger partial charge < -0.3 is 4.90 Å². The molecule has 0 saturated heterocycles. The fourth-order valence-corrected chi connectivity index (χ4v) is 5.66. The SMILES string of the molecule is CC(C)(c1ccccc1)N(CC1CC2CCC1C2)C(=O)c1n[nH]c2ccccc12. The lowest BCUT2D eigenvalue weighted by molar-refractivity contribution is 0.0445. The number of carbonyl (C=O) groups excluding carboxylic acids is 1. The lowest BCUT2D eigenvalue weighted by atomic mass is 9.85. The van der Waals surface area contributed by atoms with E-state index < -0.39 is 5.54 Å². The maximum atomic E-state index is 13.9. The van der Waals surface area contributed by atoms with Crippen molar-refractivity contribution in [2.45, 2.75) is 45.1 Å². The van der Waals surface area contributed by atoms with Crippen molar-refractivity contribution in [3.05, 3.63) is 65.9 Å². The van der Waals surface area contributed by atoms with Crippen LogP contribution in [0.5, 0.6) is 0 Å². The Hall–Kier alpha value is -2.62. The highest BCUT2D eigenvalue weighted by Gasteiger charge is 2.43. The summed E-state index contributed by atoms with van der Waals surface area (Å²) in [7, 11) is 0. The zero-order valence-corrected chi connectivity index (χ0v) is 17.3. The van der Waals surface area contributed by atoms with Crippen LogP contribution in [0.3, 0.4) is 0 Å². The zero-order chi connectivity index (χ0) is 20.0. The molecule has 3 unspecified atom stereocenters. The number of hydrogen-bond acceptors (Lipinski definition) is 2. The van der Waals surface area contributed by atoms with Crippen LogP contribution in [0, 0.1) is 17.8 Å². The number of aromatic amines is 1. The summed E-state index contributed by atoms with van der Waals surface area (Å²) in [6.07, 6.45) is 5.32. The van der Waals surface area contributed by atoms with Gasteiger partial charge in [-0.2, -0.15) is 5.10 Å². The van der Waals surface area contributed by atoms with E-state index in [1.807, 2.05) is 30.3 Å². The second kappa shape index (κ2) is 7.01. The smallest absolute Gasteiger partial charge is 0.275 e. The molecule has 2 saturated carbocycles. The maximum Gasteiger partial charge on any atom is 0.275 e. The Morgan fingerprint density at radius 3 is 2.55 bits per heavy atom. The van der Waals surface area contributed by atoms with Crippen molar-refractivity contribution < 1.29 is 4.79 Å². The van der Waals surface area contributed by atoms with Gasteiger partial charge in [0.15, 0.2) is 5.69 Å². The molecule has 5 rings (SSSR count). The van der Waals surface area contributed by atoms with Crippen LogP contribution in [0.1, 0.15) is 55.6 Å². The van der Waals surface area contributed by atoms with Gasteiger partial charge in [-0.15, -0.1) is 0 Å². The first-order valence-electron chi connectivity index (χ1n) is 10.8. The lowest BCUT2D eigenvalue weighted by Gasteiger charge is -2.41. The molecule has 3 atom stereocenters. The van der Waals surface area contributed by atoms with Crippen molar-refractivity contribution in [1.29, 1.82) is 0 Å². The van der Waals surface area contributed by atoms with Gasteiger partial charge in [-0.05, 0) is 62.5 Å². The minimum absolute atomic E-state index is 0.0269. The summed E-state index contributed by atoms with van der Waals surface area (Å²) < 4.78 is 0. The van der Waals surface area contributed by atoms with Gasteiger partial charge in [-0.25, -0.2) is 0 Å². The first kappa shape index (κ1) is 18.4.